The lowest BCUT2D eigenvalue weighted by Gasteiger charge is -2.11. The average Bonchev–Trinajstić information content (AvgIpc) is 2.56. The molecule has 0 radical (unpaired) electrons. The zero-order chi connectivity index (χ0) is 15.6. The van der Waals surface area contributed by atoms with Crippen molar-refractivity contribution in [2.24, 2.45) is 4.99 Å². The Morgan fingerprint density at radius 1 is 1.04 bits per heavy atom. The number of nitrogens with zero attached hydrogens (tertiary/aromatic N) is 3. The van der Waals surface area contributed by atoms with Gasteiger partial charge in [0.05, 0.1) is 0 Å². The fourth-order valence-electron chi connectivity index (χ4n) is 2.05. The Bertz CT molecular complexity index is 584. The number of rotatable bonds is 6. The number of aryl methyl sites for hydroxylation is 1. The molecule has 0 aromatic carbocycles. The predicted molar refractivity (Wildman–Crippen MR) is 105 cm³/mol. The van der Waals surface area contributed by atoms with Gasteiger partial charge in [0.15, 0.2) is 5.96 Å². The van der Waals surface area contributed by atoms with E-state index in [4.69, 9.17) is 0 Å². The maximum atomic E-state index is 4.30. The highest BCUT2D eigenvalue weighted by Gasteiger charge is 1.99. The highest BCUT2D eigenvalue weighted by atomic mass is 127. The van der Waals surface area contributed by atoms with Gasteiger partial charge in [0, 0.05) is 50.3 Å². The van der Waals surface area contributed by atoms with Gasteiger partial charge in [-0.3, -0.25) is 15.0 Å². The lowest BCUT2D eigenvalue weighted by molar-refractivity contribution is 0.775. The van der Waals surface area contributed by atoms with Crippen LogP contribution in [0.5, 0.6) is 0 Å². The Morgan fingerprint density at radius 2 is 1.83 bits per heavy atom. The lowest BCUT2D eigenvalue weighted by atomic mass is 10.2. The minimum Gasteiger partial charge on any atom is -0.356 e. The van der Waals surface area contributed by atoms with Crippen LogP contribution in [-0.4, -0.2) is 36.1 Å². The van der Waals surface area contributed by atoms with Crippen molar-refractivity contribution in [1.82, 2.24) is 20.6 Å². The number of nitrogens with one attached hydrogen (secondary N) is 2. The molecule has 0 aliphatic heterocycles. The second-order valence-electron chi connectivity index (χ2n) is 5.05. The summed E-state index contributed by atoms with van der Waals surface area (Å²) in [7, 11) is 1.78. The molecule has 0 saturated heterocycles. The molecule has 124 valence electrons. The first-order chi connectivity index (χ1) is 10.8. The molecule has 5 nitrogen and oxygen atoms in total. The summed E-state index contributed by atoms with van der Waals surface area (Å²) in [5.41, 5.74) is 3.35. The summed E-state index contributed by atoms with van der Waals surface area (Å²) in [5, 5.41) is 6.61. The van der Waals surface area contributed by atoms with Gasteiger partial charge in [0.1, 0.15) is 0 Å². The van der Waals surface area contributed by atoms with Crippen LogP contribution in [0.4, 0.5) is 0 Å². The molecule has 0 atom stereocenters. The molecule has 6 heteroatoms. The molecule has 0 aliphatic carbocycles. The SMILES string of the molecule is CN=C(NCCc1ccc(C)nc1)NCCc1ccccn1.I. The van der Waals surface area contributed by atoms with Crippen molar-refractivity contribution in [2.45, 2.75) is 19.8 Å². The van der Waals surface area contributed by atoms with Crippen LogP contribution < -0.4 is 10.6 Å². The van der Waals surface area contributed by atoms with Gasteiger partial charge in [-0.15, -0.1) is 24.0 Å². The van der Waals surface area contributed by atoms with Gasteiger partial charge in [-0.2, -0.15) is 0 Å². The highest BCUT2D eigenvalue weighted by molar-refractivity contribution is 14.0. The Labute approximate surface area is 155 Å². The number of aliphatic imine (C=N–C) groups is 1. The molecule has 2 rings (SSSR count). The maximum absolute atomic E-state index is 4.30. The summed E-state index contributed by atoms with van der Waals surface area (Å²) in [4.78, 5) is 12.8. The third kappa shape index (κ3) is 7.40. The molecular formula is C17H24IN5. The van der Waals surface area contributed by atoms with E-state index in [0.29, 0.717) is 0 Å². The first-order valence-corrected chi connectivity index (χ1v) is 7.54. The van der Waals surface area contributed by atoms with Crippen LogP contribution in [0, 0.1) is 6.92 Å². The number of hydrogen-bond acceptors (Lipinski definition) is 3. The van der Waals surface area contributed by atoms with E-state index in [-0.39, 0.29) is 24.0 Å². The van der Waals surface area contributed by atoms with Crippen LogP contribution >= 0.6 is 24.0 Å². The second-order valence-corrected chi connectivity index (χ2v) is 5.05. The molecular weight excluding hydrogens is 401 g/mol. The van der Waals surface area contributed by atoms with Crippen molar-refractivity contribution >= 4 is 29.9 Å². The third-order valence-electron chi connectivity index (χ3n) is 3.30. The van der Waals surface area contributed by atoms with E-state index >= 15 is 0 Å². The number of aromatic nitrogens is 2. The Balaban J connectivity index is 0.00000264. The molecule has 0 bridgehead atoms. The van der Waals surface area contributed by atoms with Gasteiger partial charge in [-0.05, 0) is 37.1 Å². The minimum absolute atomic E-state index is 0. The molecule has 23 heavy (non-hydrogen) atoms. The molecule has 2 heterocycles. The van der Waals surface area contributed by atoms with E-state index in [1.165, 1.54) is 5.56 Å². The van der Waals surface area contributed by atoms with E-state index in [1.807, 2.05) is 43.6 Å². The summed E-state index contributed by atoms with van der Waals surface area (Å²) in [6.45, 7) is 3.63. The number of halogens is 1. The van der Waals surface area contributed by atoms with Crippen molar-refractivity contribution in [3.05, 3.63) is 59.7 Å². The van der Waals surface area contributed by atoms with E-state index < -0.39 is 0 Å². The Kier molecular flexibility index (Phi) is 9.20. The molecule has 2 aromatic heterocycles. The Hall–Kier alpha value is -1.70. The van der Waals surface area contributed by atoms with Gasteiger partial charge < -0.3 is 10.6 Å². The van der Waals surface area contributed by atoms with Crippen molar-refractivity contribution in [1.29, 1.82) is 0 Å². The van der Waals surface area contributed by atoms with Gasteiger partial charge in [-0.1, -0.05) is 12.1 Å². The highest BCUT2D eigenvalue weighted by Crippen LogP contribution is 1.99. The van der Waals surface area contributed by atoms with E-state index in [1.54, 1.807) is 7.05 Å². The molecule has 0 fully saturated rings. The topological polar surface area (TPSA) is 62.2 Å². The molecule has 0 aliphatic rings. The fraction of sp³-hybridized carbons (Fsp3) is 0.353. The molecule has 0 unspecified atom stereocenters. The second kappa shape index (κ2) is 10.9. The standard InChI is InChI=1S/C17H23N5.HI/c1-14-6-7-15(13-22-14)8-11-20-17(18-2)21-12-9-16-5-3-4-10-19-16;/h3-7,10,13H,8-9,11-12H2,1-2H3,(H2,18,20,21);1H. The first kappa shape index (κ1) is 19.3. The van der Waals surface area contributed by atoms with Crippen molar-refractivity contribution < 1.29 is 0 Å². The lowest BCUT2D eigenvalue weighted by Crippen LogP contribution is -2.39. The summed E-state index contributed by atoms with van der Waals surface area (Å²) in [5.74, 6) is 0.816. The summed E-state index contributed by atoms with van der Waals surface area (Å²) >= 11 is 0. The average molecular weight is 425 g/mol. The normalized spacial score (nSPS) is 10.8. The van der Waals surface area contributed by atoms with Gasteiger partial charge in [0.2, 0.25) is 0 Å². The van der Waals surface area contributed by atoms with Gasteiger partial charge in [-0.25, -0.2) is 0 Å². The summed E-state index contributed by atoms with van der Waals surface area (Å²) < 4.78 is 0. The molecule has 2 aromatic rings. The maximum Gasteiger partial charge on any atom is 0.190 e. The van der Waals surface area contributed by atoms with E-state index in [0.717, 1.165) is 43.3 Å². The molecule has 0 amide bonds. The van der Waals surface area contributed by atoms with Crippen LogP contribution in [-0.2, 0) is 12.8 Å². The first-order valence-electron chi connectivity index (χ1n) is 7.54. The van der Waals surface area contributed by atoms with Crippen LogP contribution in [0.25, 0.3) is 0 Å². The zero-order valence-electron chi connectivity index (χ0n) is 13.6. The number of hydrogen-bond donors (Lipinski definition) is 2. The smallest absolute Gasteiger partial charge is 0.190 e. The van der Waals surface area contributed by atoms with Crippen molar-refractivity contribution in [2.75, 3.05) is 20.1 Å². The molecule has 0 spiro atoms. The molecule has 0 saturated carbocycles. The van der Waals surface area contributed by atoms with Crippen LogP contribution in [0.2, 0.25) is 0 Å². The number of guanidine groups is 1. The van der Waals surface area contributed by atoms with Gasteiger partial charge in [0.25, 0.3) is 0 Å². The third-order valence-corrected chi connectivity index (χ3v) is 3.30. The van der Waals surface area contributed by atoms with Crippen LogP contribution in [0.1, 0.15) is 17.0 Å². The molecule has 2 N–H and O–H groups in total. The van der Waals surface area contributed by atoms with E-state index in [9.17, 15) is 0 Å². The Morgan fingerprint density at radius 3 is 2.43 bits per heavy atom. The number of pyridine rings is 2. The summed E-state index contributed by atoms with van der Waals surface area (Å²) in [6.07, 6.45) is 5.55. The van der Waals surface area contributed by atoms with Crippen LogP contribution in [0.3, 0.4) is 0 Å². The summed E-state index contributed by atoms with van der Waals surface area (Å²) in [6, 6.07) is 10.1. The monoisotopic (exact) mass is 425 g/mol. The predicted octanol–water partition coefficient (Wildman–Crippen LogP) is 2.35. The minimum atomic E-state index is 0. The zero-order valence-corrected chi connectivity index (χ0v) is 16.0. The van der Waals surface area contributed by atoms with Crippen molar-refractivity contribution in [3.63, 3.8) is 0 Å². The quantitative estimate of drug-likeness (QED) is 0.424. The fourth-order valence-corrected chi connectivity index (χ4v) is 2.05. The van der Waals surface area contributed by atoms with Gasteiger partial charge >= 0.3 is 0 Å². The van der Waals surface area contributed by atoms with Crippen LogP contribution in [0.15, 0.2) is 47.7 Å². The van der Waals surface area contributed by atoms with E-state index in [2.05, 4.69) is 31.7 Å². The van der Waals surface area contributed by atoms with Crippen molar-refractivity contribution in [3.8, 4) is 0 Å². The largest absolute Gasteiger partial charge is 0.356 e.